The van der Waals surface area contributed by atoms with E-state index in [2.05, 4.69) is 33.7 Å². The third kappa shape index (κ3) is 3.18. The summed E-state index contributed by atoms with van der Waals surface area (Å²) in [6.45, 7) is 1.74. The number of amides is 1. The van der Waals surface area contributed by atoms with Gasteiger partial charge in [-0.15, -0.1) is 0 Å². The number of fused-ring (bicyclic) bond motifs is 1. The van der Waals surface area contributed by atoms with Gasteiger partial charge in [0.1, 0.15) is 0 Å². The Morgan fingerprint density at radius 1 is 1.20 bits per heavy atom. The molecule has 0 unspecified atom stereocenters. The number of hydrogen-bond acceptors (Lipinski definition) is 4. The lowest BCUT2D eigenvalue weighted by Crippen LogP contribution is -2.30. The first-order valence-electron chi connectivity index (χ1n) is 8.50. The van der Waals surface area contributed by atoms with Gasteiger partial charge < -0.3 is 9.84 Å². The molecule has 1 aromatic heterocycles. The van der Waals surface area contributed by atoms with Gasteiger partial charge in [0, 0.05) is 18.1 Å². The summed E-state index contributed by atoms with van der Waals surface area (Å²) >= 11 is 0. The number of aryl methyl sites for hydroxylation is 2. The van der Waals surface area contributed by atoms with Crippen molar-refractivity contribution in [3.8, 4) is 11.4 Å². The zero-order valence-electron chi connectivity index (χ0n) is 14.0. The number of carbonyl (C=O) groups excluding carboxylic acids is 1. The van der Waals surface area contributed by atoms with Crippen LogP contribution >= 0.6 is 0 Å². The molecule has 0 radical (unpaired) electrons. The van der Waals surface area contributed by atoms with E-state index < -0.39 is 0 Å². The number of benzene rings is 2. The fourth-order valence-corrected chi connectivity index (χ4v) is 3.36. The summed E-state index contributed by atoms with van der Waals surface area (Å²) < 4.78 is 5.02. The minimum atomic E-state index is -0.0798. The van der Waals surface area contributed by atoms with Crippen LogP contribution < -0.4 is 5.32 Å². The van der Waals surface area contributed by atoms with Crippen molar-refractivity contribution >= 4 is 5.91 Å². The molecular weight excluding hydrogens is 314 g/mol. The predicted octanol–water partition coefficient (Wildman–Crippen LogP) is 3.85. The van der Waals surface area contributed by atoms with Gasteiger partial charge in [0.2, 0.25) is 11.7 Å². The average Bonchev–Trinajstić information content (AvgIpc) is 3.09. The van der Waals surface area contributed by atoms with E-state index in [9.17, 15) is 4.79 Å². The van der Waals surface area contributed by atoms with Crippen LogP contribution in [0.3, 0.4) is 0 Å². The molecule has 0 saturated heterocycles. The molecule has 0 spiro atoms. The Hall–Kier alpha value is -2.95. The molecule has 0 aliphatic heterocycles. The zero-order chi connectivity index (χ0) is 17.2. The maximum atomic E-state index is 12.7. The highest BCUT2D eigenvalue weighted by Gasteiger charge is 2.22. The van der Waals surface area contributed by atoms with E-state index in [-0.39, 0.29) is 11.9 Å². The van der Waals surface area contributed by atoms with E-state index in [0.29, 0.717) is 17.3 Å². The molecule has 1 amide bonds. The summed E-state index contributed by atoms with van der Waals surface area (Å²) in [6, 6.07) is 15.7. The third-order valence-electron chi connectivity index (χ3n) is 4.59. The van der Waals surface area contributed by atoms with Gasteiger partial charge in [-0.3, -0.25) is 4.79 Å². The number of rotatable bonds is 3. The number of nitrogens with one attached hydrogen (secondary N) is 1. The van der Waals surface area contributed by atoms with E-state index >= 15 is 0 Å². The quantitative estimate of drug-likeness (QED) is 0.790. The molecule has 1 atom stereocenters. The first-order chi connectivity index (χ1) is 12.2. The highest BCUT2D eigenvalue weighted by Crippen LogP contribution is 2.29. The van der Waals surface area contributed by atoms with Crippen molar-refractivity contribution < 1.29 is 9.32 Å². The van der Waals surface area contributed by atoms with E-state index in [0.717, 1.165) is 24.8 Å². The minimum Gasteiger partial charge on any atom is -0.345 e. The smallest absolute Gasteiger partial charge is 0.251 e. The molecule has 0 bridgehead atoms. The van der Waals surface area contributed by atoms with Crippen molar-refractivity contribution in [1.82, 2.24) is 15.5 Å². The van der Waals surface area contributed by atoms with Crippen LogP contribution in [0.4, 0.5) is 0 Å². The van der Waals surface area contributed by atoms with Gasteiger partial charge in [0.05, 0.1) is 6.04 Å². The normalized spacial score (nSPS) is 16.3. The fraction of sp³-hybridized carbons (Fsp3) is 0.250. The first-order valence-corrected chi connectivity index (χ1v) is 8.50. The molecule has 2 aromatic carbocycles. The summed E-state index contributed by atoms with van der Waals surface area (Å²) in [5, 5.41) is 7.09. The van der Waals surface area contributed by atoms with E-state index in [1.54, 1.807) is 19.1 Å². The Morgan fingerprint density at radius 3 is 2.92 bits per heavy atom. The van der Waals surface area contributed by atoms with Crippen LogP contribution in [0, 0.1) is 6.92 Å². The Labute approximate surface area is 146 Å². The van der Waals surface area contributed by atoms with Crippen molar-refractivity contribution in [3.63, 3.8) is 0 Å². The lowest BCUT2D eigenvalue weighted by atomic mass is 9.87. The Bertz CT molecular complexity index is 917. The van der Waals surface area contributed by atoms with Gasteiger partial charge in [-0.05, 0) is 42.5 Å². The topological polar surface area (TPSA) is 68.0 Å². The largest absolute Gasteiger partial charge is 0.345 e. The van der Waals surface area contributed by atoms with Crippen LogP contribution in [0.1, 0.15) is 46.3 Å². The lowest BCUT2D eigenvalue weighted by Gasteiger charge is -2.26. The second-order valence-corrected chi connectivity index (χ2v) is 6.33. The molecule has 3 aromatic rings. The first kappa shape index (κ1) is 15.6. The van der Waals surface area contributed by atoms with Gasteiger partial charge in [-0.2, -0.15) is 4.98 Å². The molecule has 126 valence electrons. The molecule has 4 rings (SSSR count). The molecule has 0 saturated carbocycles. The Kier molecular flexibility index (Phi) is 4.06. The maximum absolute atomic E-state index is 12.7. The summed E-state index contributed by atoms with van der Waals surface area (Å²) in [7, 11) is 0. The summed E-state index contributed by atoms with van der Waals surface area (Å²) in [4.78, 5) is 17.0. The summed E-state index contributed by atoms with van der Waals surface area (Å²) in [5.41, 5.74) is 3.93. The molecule has 1 aliphatic carbocycles. The Balaban J connectivity index is 1.56. The summed E-state index contributed by atoms with van der Waals surface area (Å²) in [5.74, 6) is 0.919. The van der Waals surface area contributed by atoms with Crippen LogP contribution in [0.2, 0.25) is 0 Å². The highest BCUT2D eigenvalue weighted by molar-refractivity contribution is 5.95. The number of hydrogen-bond donors (Lipinski definition) is 1. The van der Waals surface area contributed by atoms with Crippen LogP contribution in [-0.4, -0.2) is 16.0 Å². The number of aromatic nitrogens is 2. The molecule has 5 nitrogen and oxygen atoms in total. The molecule has 5 heteroatoms. The van der Waals surface area contributed by atoms with Gasteiger partial charge in [0.25, 0.3) is 5.91 Å². The van der Waals surface area contributed by atoms with Crippen molar-refractivity contribution in [1.29, 1.82) is 0 Å². The van der Waals surface area contributed by atoms with E-state index in [1.807, 2.05) is 18.2 Å². The number of carbonyl (C=O) groups is 1. The standard InChI is InChI=1S/C20H19N3O2/c1-13-21-19(23-25-13)15-8-4-9-16(12-15)20(24)22-18-11-5-7-14-6-2-3-10-17(14)18/h2-4,6,8-10,12,18H,5,7,11H2,1H3,(H,22,24)/t18-/m1/s1. The van der Waals surface area contributed by atoms with Crippen molar-refractivity contribution in [2.45, 2.75) is 32.2 Å². The van der Waals surface area contributed by atoms with Crippen LogP contribution in [0.15, 0.2) is 53.1 Å². The molecule has 0 fully saturated rings. The highest BCUT2D eigenvalue weighted by atomic mass is 16.5. The van der Waals surface area contributed by atoms with Crippen molar-refractivity contribution in [2.75, 3.05) is 0 Å². The second kappa shape index (κ2) is 6.51. The molecular formula is C20H19N3O2. The van der Waals surface area contributed by atoms with Crippen LogP contribution in [-0.2, 0) is 6.42 Å². The van der Waals surface area contributed by atoms with Gasteiger partial charge >= 0.3 is 0 Å². The maximum Gasteiger partial charge on any atom is 0.251 e. The van der Waals surface area contributed by atoms with Gasteiger partial charge in [-0.25, -0.2) is 0 Å². The summed E-state index contributed by atoms with van der Waals surface area (Å²) in [6.07, 6.45) is 3.13. The molecule has 1 aliphatic rings. The minimum absolute atomic E-state index is 0.0634. The average molecular weight is 333 g/mol. The molecule has 1 heterocycles. The third-order valence-corrected chi connectivity index (χ3v) is 4.59. The monoisotopic (exact) mass is 333 g/mol. The molecule has 1 N–H and O–H groups in total. The van der Waals surface area contributed by atoms with Crippen molar-refractivity contribution in [3.05, 3.63) is 71.1 Å². The Morgan fingerprint density at radius 2 is 2.08 bits per heavy atom. The zero-order valence-corrected chi connectivity index (χ0v) is 14.0. The van der Waals surface area contributed by atoms with Gasteiger partial charge in [0.15, 0.2) is 0 Å². The number of nitrogens with zero attached hydrogens (tertiary/aromatic N) is 2. The molecule has 25 heavy (non-hydrogen) atoms. The van der Waals surface area contributed by atoms with Crippen LogP contribution in [0.25, 0.3) is 11.4 Å². The van der Waals surface area contributed by atoms with Gasteiger partial charge in [-0.1, -0.05) is 41.6 Å². The second-order valence-electron chi connectivity index (χ2n) is 6.33. The SMILES string of the molecule is Cc1nc(-c2cccc(C(=O)N[C@@H]3CCCc4ccccc43)c2)no1. The van der Waals surface area contributed by atoms with Crippen molar-refractivity contribution in [2.24, 2.45) is 0 Å². The predicted molar refractivity (Wildman–Crippen MR) is 94.1 cm³/mol. The fourth-order valence-electron chi connectivity index (χ4n) is 3.36. The van der Waals surface area contributed by atoms with E-state index in [1.165, 1.54) is 11.1 Å². The van der Waals surface area contributed by atoms with Crippen LogP contribution in [0.5, 0.6) is 0 Å². The lowest BCUT2D eigenvalue weighted by molar-refractivity contribution is 0.0933. The van der Waals surface area contributed by atoms with E-state index in [4.69, 9.17) is 4.52 Å².